The van der Waals surface area contributed by atoms with Crippen LogP contribution in [0.4, 0.5) is 11.6 Å². The Kier molecular flexibility index (Phi) is 16.7. The fourth-order valence-electron chi connectivity index (χ4n) is 4.75. The van der Waals surface area contributed by atoms with Crippen LogP contribution in [0.25, 0.3) is 0 Å². The molecule has 0 spiro atoms. The first-order valence-corrected chi connectivity index (χ1v) is 16.4. The Bertz CT molecular complexity index is 1480. The summed E-state index contributed by atoms with van der Waals surface area (Å²) in [5, 5.41) is 22.3. The number of aryl methyl sites for hydroxylation is 2. The second kappa shape index (κ2) is 20.1. The highest BCUT2D eigenvalue weighted by Crippen LogP contribution is 2.27. The van der Waals surface area contributed by atoms with Crippen molar-refractivity contribution in [3.8, 4) is 5.75 Å². The third-order valence-electron chi connectivity index (χ3n) is 7.55. The van der Waals surface area contributed by atoms with Gasteiger partial charge in [0.25, 0.3) is 5.91 Å². The van der Waals surface area contributed by atoms with E-state index in [-0.39, 0.29) is 46.4 Å². The Balaban J connectivity index is 0.000000335. The number of nitrogen functional groups attached to an aromatic ring is 2. The summed E-state index contributed by atoms with van der Waals surface area (Å²) < 4.78 is 0. The number of Topliss-reactive ketones (excluding diaryl/α,β-unsaturated/α-hetero) is 1. The highest BCUT2D eigenvalue weighted by atomic mass is 35.5. The molecule has 3 aromatic rings. The van der Waals surface area contributed by atoms with Crippen LogP contribution in [0.3, 0.4) is 0 Å². The van der Waals surface area contributed by atoms with Crippen LogP contribution in [0.1, 0.15) is 105 Å². The van der Waals surface area contributed by atoms with Crippen LogP contribution in [0.15, 0.2) is 47.5 Å². The first-order valence-electron chi connectivity index (χ1n) is 16.0. The van der Waals surface area contributed by atoms with Crippen LogP contribution in [0.2, 0.25) is 5.15 Å². The number of aliphatic hydroxyl groups is 1. The number of amides is 1. The lowest BCUT2D eigenvalue weighted by Crippen LogP contribution is -2.38. The summed E-state index contributed by atoms with van der Waals surface area (Å²) in [5.74, 6) is -0.0838. The number of aliphatic hydroxyl groups excluding tert-OH is 1. The molecule has 2 atom stereocenters. The molecule has 0 aliphatic heterocycles. The van der Waals surface area contributed by atoms with Crippen molar-refractivity contribution in [3.05, 3.63) is 75.6 Å². The van der Waals surface area contributed by atoms with Gasteiger partial charge in [-0.05, 0) is 75.1 Å². The van der Waals surface area contributed by atoms with Crippen LogP contribution in [0.5, 0.6) is 5.75 Å². The monoisotopic (exact) mass is 667 g/mol. The van der Waals surface area contributed by atoms with E-state index in [2.05, 4.69) is 65.3 Å². The number of phenolic OH excluding ortho intramolecular Hbond substituents is 1. The number of rotatable bonds is 15. The number of nitrogens with one attached hydrogen (secondary N) is 1. The normalized spacial score (nSPS) is 12.5. The minimum atomic E-state index is -0.641. The van der Waals surface area contributed by atoms with Gasteiger partial charge in [0, 0.05) is 18.5 Å². The quantitative estimate of drug-likeness (QED) is 0.0654. The van der Waals surface area contributed by atoms with Crippen molar-refractivity contribution in [1.82, 2.24) is 15.3 Å². The van der Waals surface area contributed by atoms with E-state index in [0.717, 1.165) is 37.7 Å². The molecule has 0 saturated carbocycles. The number of phenols is 1. The van der Waals surface area contributed by atoms with Crippen molar-refractivity contribution >= 4 is 40.9 Å². The lowest BCUT2D eigenvalue weighted by molar-refractivity contribution is -0.116. The zero-order valence-electron chi connectivity index (χ0n) is 27.9. The molecule has 1 heterocycles. The van der Waals surface area contributed by atoms with Gasteiger partial charge >= 0.3 is 0 Å². The lowest BCUT2D eigenvalue weighted by Gasteiger charge is -2.16. The molecule has 47 heavy (non-hydrogen) atoms. The maximum atomic E-state index is 12.1. The molecule has 1 aromatic heterocycles. The number of carbonyl (C=O) groups excluding carboxylic acids is 2. The number of aromatic hydroxyl groups is 1. The number of hydrogen-bond donors (Lipinski definition) is 6. The van der Waals surface area contributed by atoms with E-state index in [9.17, 15) is 19.8 Å². The molecule has 3 rings (SSSR count). The predicted molar refractivity (Wildman–Crippen MR) is 189 cm³/mol. The van der Waals surface area contributed by atoms with Gasteiger partial charge in [-0.2, -0.15) is 0 Å². The summed E-state index contributed by atoms with van der Waals surface area (Å²) in [4.78, 5) is 34.9. The lowest BCUT2D eigenvalue weighted by atomic mass is 9.94. The maximum Gasteiger partial charge on any atom is 0.280 e. The number of aliphatic imine (C=N–C) groups is 1. The molecule has 2 aromatic carbocycles. The van der Waals surface area contributed by atoms with Crippen LogP contribution >= 0.6 is 11.6 Å². The fraction of sp³-hybridized carbons (Fsp3) is 0.457. The molecule has 11 nitrogen and oxygen atoms in total. The van der Waals surface area contributed by atoms with E-state index in [1.54, 1.807) is 18.2 Å². The number of unbranched alkanes of at least 4 members (excludes halogenated alkanes) is 2. The summed E-state index contributed by atoms with van der Waals surface area (Å²) in [5.41, 5.74) is 20.6. The molecule has 9 N–H and O–H groups in total. The minimum absolute atomic E-state index is 0.00475. The molecule has 0 unspecified atom stereocenters. The van der Waals surface area contributed by atoms with E-state index >= 15 is 0 Å². The molecule has 0 fully saturated rings. The Hall–Kier alpha value is -4.22. The average molecular weight is 668 g/mol. The fourth-order valence-corrected chi connectivity index (χ4v) is 4.87. The number of hydrogen-bond acceptors (Lipinski definition) is 9. The number of halogens is 1. The molecule has 1 amide bonds. The first kappa shape index (κ1) is 39.0. The molecular weight excluding hydrogens is 618 g/mol. The molecular formula is C35H50ClN7O4. The van der Waals surface area contributed by atoms with Gasteiger partial charge in [-0.25, -0.2) is 9.97 Å². The Morgan fingerprint density at radius 1 is 1.00 bits per heavy atom. The summed E-state index contributed by atoms with van der Waals surface area (Å²) in [7, 11) is 0. The van der Waals surface area contributed by atoms with Crippen molar-refractivity contribution in [2.75, 3.05) is 18.0 Å². The molecule has 0 aliphatic rings. The van der Waals surface area contributed by atoms with Crippen molar-refractivity contribution < 1.29 is 19.8 Å². The topological polar surface area (TPSA) is 203 Å². The van der Waals surface area contributed by atoms with Crippen LogP contribution in [-0.4, -0.2) is 44.4 Å². The van der Waals surface area contributed by atoms with Gasteiger partial charge in [0.2, 0.25) is 0 Å². The standard InChI is InChI=1S/C18H28O3.C17H22ClN7O/c1-4-5-6-13(2)7-9-17(20)15-8-10-18(21)16(12-15)11-14(3)19;1-10-5-7-11(8-6-10)4-2-3-9-22-17(21)25-16(26)12-14(19)24-15(20)13(18)23-12/h8,10,12-13,17,20-21H,4-7,9,11H2,1-3H3;5-8H,2-4,9H2,1H3,(H4,19,20,24)(H3,21,22,25,26)/t13-,17+;/m1./s1. The predicted octanol–water partition coefficient (Wildman–Crippen LogP) is 5.83. The number of ketones is 1. The van der Waals surface area contributed by atoms with Crippen LogP contribution in [-0.2, 0) is 17.6 Å². The van der Waals surface area contributed by atoms with Crippen LogP contribution in [0, 0.1) is 12.8 Å². The second-order valence-electron chi connectivity index (χ2n) is 11.9. The Morgan fingerprint density at radius 3 is 2.36 bits per heavy atom. The van der Waals surface area contributed by atoms with E-state index in [4.69, 9.17) is 28.8 Å². The van der Waals surface area contributed by atoms with Crippen molar-refractivity contribution in [3.63, 3.8) is 0 Å². The van der Waals surface area contributed by atoms with Crippen LogP contribution < -0.4 is 22.5 Å². The number of benzene rings is 2. The van der Waals surface area contributed by atoms with Gasteiger partial charge in [0.05, 0.1) is 6.10 Å². The highest BCUT2D eigenvalue weighted by molar-refractivity contribution is 6.31. The number of carbonyl (C=O) groups is 2. The van der Waals surface area contributed by atoms with Gasteiger partial charge in [-0.1, -0.05) is 80.6 Å². The van der Waals surface area contributed by atoms with Gasteiger partial charge in [-0.3, -0.25) is 19.9 Å². The third kappa shape index (κ3) is 14.4. The van der Waals surface area contributed by atoms with Crippen molar-refractivity contribution in [2.45, 2.75) is 91.6 Å². The van der Waals surface area contributed by atoms with Gasteiger partial charge in [0.15, 0.2) is 28.4 Å². The number of anilines is 2. The molecule has 0 bridgehead atoms. The van der Waals surface area contributed by atoms with Gasteiger partial charge in [-0.15, -0.1) is 0 Å². The van der Waals surface area contributed by atoms with Crippen molar-refractivity contribution in [1.29, 1.82) is 0 Å². The number of nitrogens with zero attached hydrogens (tertiary/aromatic N) is 3. The summed E-state index contributed by atoms with van der Waals surface area (Å²) in [6, 6.07) is 13.5. The number of guanidine groups is 1. The summed E-state index contributed by atoms with van der Waals surface area (Å²) in [6.07, 6.45) is 7.82. The molecule has 0 aliphatic carbocycles. The summed E-state index contributed by atoms with van der Waals surface area (Å²) in [6.45, 7) is 8.47. The Labute approximate surface area is 283 Å². The Morgan fingerprint density at radius 2 is 1.70 bits per heavy atom. The highest BCUT2D eigenvalue weighted by Gasteiger charge is 2.17. The minimum Gasteiger partial charge on any atom is -0.508 e. The van der Waals surface area contributed by atoms with Gasteiger partial charge < -0.3 is 27.4 Å². The zero-order valence-corrected chi connectivity index (χ0v) is 28.7. The largest absolute Gasteiger partial charge is 0.508 e. The average Bonchev–Trinajstić information content (AvgIpc) is 3.02. The third-order valence-corrected chi connectivity index (χ3v) is 7.83. The second-order valence-corrected chi connectivity index (χ2v) is 12.3. The number of aromatic nitrogens is 2. The van der Waals surface area contributed by atoms with Crippen molar-refractivity contribution in [2.24, 2.45) is 16.6 Å². The van der Waals surface area contributed by atoms with E-state index < -0.39 is 12.0 Å². The first-order chi connectivity index (χ1) is 22.3. The number of nitrogens with two attached hydrogens (primary N) is 3. The molecule has 12 heteroatoms. The SMILES string of the molecule is CCCC[C@@H](C)CC[C@H](O)c1ccc(O)c(CC(C)=O)c1.Cc1ccc(CCCCN=C(N)NC(=O)c2nc(Cl)c(N)nc2N)cc1. The molecule has 0 radical (unpaired) electrons. The molecule has 0 saturated heterocycles. The van der Waals surface area contributed by atoms with E-state index in [1.165, 1.54) is 37.3 Å². The molecule has 256 valence electrons. The van der Waals surface area contributed by atoms with E-state index in [0.29, 0.717) is 18.0 Å². The zero-order chi connectivity index (χ0) is 34.9. The maximum absolute atomic E-state index is 12.1. The van der Waals surface area contributed by atoms with E-state index in [1.807, 2.05) is 0 Å². The smallest absolute Gasteiger partial charge is 0.280 e. The summed E-state index contributed by atoms with van der Waals surface area (Å²) >= 11 is 5.75. The van der Waals surface area contributed by atoms with Gasteiger partial charge in [0.1, 0.15) is 11.5 Å².